The van der Waals surface area contributed by atoms with E-state index < -0.39 is 10.0 Å². The van der Waals surface area contributed by atoms with Crippen LogP contribution in [0.2, 0.25) is 0 Å². The Labute approximate surface area is 167 Å². The van der Waals surface area contributed by atoms with Crippen molar-refractivity contribution in [3.8, 4) is 0 Å². The Balaban J connectivity index is 1.53. The van der Waals surface area contributed by atoms with Crippen LogP contribution in [0.3, 0.4) is 0 Å². The molecule has 0 spiro atoms. The summed E-state index contributed by atoms with van der Waals surface area (Å²) in [6.07, 6.45) is 4.71. The monoisotopic (exact) mass is 412 g/mol. The van der Waals surface area contributed by atoms with Gasteiger partial charge in [-0.05, 0) is 37.3 Å². The fourth-order valence-electron chi connectivity index (χ4n) is 3.31. The molecule has 0 radical (unpaired) electrons. The molecule has 3 heterocycles. The summed E-state index contributed by atoms with van der Waals surface area (Å²) in [5, 5.41) is 11.9. The van der Waals surface area contributed by atoms with E-state index in [1.165, 1.54) is 0 Å². The number of benzene rings is 1. The molecule has 3 aromatic heterocycles. The van der Waals surface area contributed by atoms with Gasteiger partial charge in [-0.2, -0.15) is 0 Å². The Morgan fingerprint density at radius 3 is 2.72 bits per heavy atom. The molecule has 1 amide bonds. The van der Waals surface area contributed by atoms with Crippen LogP contribution in [0.5, 0.6) is 0 Å². The predicted molar refractivity (Wildman–Crippen MR) is 110 cm³/mol. The molecular weight excluding hydrogens is 392 g/mol. The van der Waals surface area contributed by atoms with Gasteiger partial charge < -0.3 is 9.88 Å². The van der Waals surface area contributed by atoms with Crippen LogP contribution in [-0.2, 0) is 21.4 Å². The minimum Gasteiger partial charge on any atom is -0.345 e. The highest BCUT2D eigenvalue weighted by molar-refractivity contribution is 7.92. The maximum Gasteiger partial charge on any atom is 0.240 e. The second-order valence-electron chi connectivity index (χ2n) is 6.83. The van der Waals surface area contributed by atoms with E-state index in [2.05, 4.69) is 20.2 Å². The van der Waals surface area contributed by atoms with Crippen molar-refractivity contribution < 1.29 is 13.2 Å². The zero-order valence-electron chi connectivity index (χ0n) is 15.9. The molecule has 4 rings (SSSR count). The van der Waals surface area contributed by atoms with Gasteiger partial charge >= 0.3 is 0 Å². The summed E-state index contributed by atoms with van der Waals surface area (Å²) in [5.41, 5.74) is 1.95. The van der Waals surface area contributed by atoms with E-state index in [1.807, 2.05) is 41.8 Å². The van der Waals surface area contributed by atoms with Crippen molar-refractivity contribution in [3.63, 3.8) is 0 Å². The van der Waals surface area contributed by atoms with E-state index in [4.69, 9.17) is 0 Å². The van der Waals surface area contributed by atoms with Gasteiger partial charge in [-0.3, -0.25) is 13.9 Å². The molecule has 2 N–H and O–H groups in total. The third-order valence-electron chi connectivity index (χ3n) is 4.53. The first-order chi connectivity index (χ1) is 13.8. The van der Waals surface area contributed by atoms with Crippen molar-refractivity contribution >= 4 is 38.2 Å². The number of hydrogen-bond acceptors (Lipinski definition) is 5. The molecule has 0 aliphatic rings. The SMILES string of the molecule is C[C@@H](NC(=O)Cn1ccc2c(NS(C)(=O)=O)cccc21)c1nnc2ccccn12. The van der Waals surface area contributed by atoms with Crippen molar-refractivity contribution in [3.05, 3.63) is 60.7 Å². The second kappa shape index (κ2) is 7.21. The first kappa shape index (κ1) is 18.9. The number of carbonyl (C=O) groups excluding carboxylic acids is 1. The number of sulfonamides is 1. The first-order valence-electron chi connectivity index (χ1n) is 8.96. The maximum atomic E-state index is 12.6. The molecule has 1 atom stereocenters. The molecule has 4 aromatic rings. The van der Waals surface area contributed by atoms with Crippen LogP contribution in [0, 0.1) is 0 Å². The summed E-state index contributed by atoms with van der Waals surface area (Å²) in [4.78, 5) is 12.6. The second-order valence-corrected chi connectivity index (χ2v) is 8.58. The molecule has 10 heteroatoms. The lowest BCUT2D eigenvalue weighted by Gasteiger charge is -2.13. The van der Waals surface area contributed by atoms with Crippen LogP contribution in [0.25, 0.3) is 16.6 Å². The van der Waals surface area contributed by atoms with Gasteiger partial charge in [0, 0.05) is 17.8 Å². The smallest absolute Gasteiger partial charge is 0.240 e. The van der Waals surface area contributed by atoms with Gasteiger partial charge in [-0.15, -0.1) is 10.2 Å². The van der Waals surface area contributed by atoms with E-state index in [9.17, 15) is 13.2 Å². The van der Waals surface area contributed by atoms with Crippen LogP contribution < -0.4 is 10.0 Å². The average molecular weight is 412 g/mol. The minimum atomic E-state index is -3.40. The maximum absolute atomic E-state index is 12.6. The Morgan fingerprint density at radius 2 is 1.93 bits per heavy atom. The normalized spacial score (nSPS) is 12.9. The number of fused-ring (bicyclic) bond motifs is 2. The van der Waals surface area contributed by atoms with E-state index in [-0.39, 0.29) is 18.5 Å². The van der Waals surface area contributed by atoms with Gasteiger partial charge in [0.25, 0.3) is 0 Å². The number of amides is 1. The molecule has 0 saturated heterocycles. The van der Waals surface area contributed by atoms with Crippen LogP contribution in [0.15, 0.2) is 54.9 Å². The summed E-state index contributed by atoms with van der Waals surface area (Å²) in [5.74, 6) is 0.454. The summed E-state index contributed by atoms with van der Waals surface area (Å²) < 4.78 is 29.2. The summed E-state index contributed by atoms with van der Waals surface area (Å²) >= 11 is 0. The van der Waals surface area contributed by atoms with Gasteiger partial charge in [0.05, 0.1) is 23.5 Å². The van der Waals surface area contributed by atoms with Crippen LogP contribution in [0.4, 0.5) is 5.69 Å². The molecule has 1 aromatic carbocycles. The van der Waals surface area contributed by atoms with Crippen molar-refractivity contribution in [1.29, 1.82) is 0 Å². The van der Waals surface area contributed by atoms with Crippen LogP contribution in [0.1, 0.15) is 18.8 Å². The van der Waals surface area contributed by atoms with E-state index >= 15 is 0 Å². The Morgan fingerprint density at radius 1 is 1.10 bits per heavy atom. The molecule has 0 bridgehead atoms. The highest BCUT2D eigenvalue weighted by Crippen LogP contribution is 2.25. The number of aromatic nitrogens is 4. The average Bonchev–Trinajstić information content (AvgIpc) is 3.25. The van der Waals surface area contributed by atoms with E-state index in [1.54, 1.807) is 29.0 Å². The fraction of sp³-hybridized carbons (Fsp3) is 0.211. The van der Waals surface area contributed by atoms with Gasteiger partial charge in [0.2, 0.25) is 15.9 Å². The molecule has 29 heavy (non-hydrogen) atoms. The molecule has 0 unspecified atom stereocenters. The lowest BCUT2D eigenvalue weighted by atomic mass is 10.2. The minimum absolute atomic E-state index is 0.0902. The molecule has 150 valence electrons. The Hall–Kier alpha value is -3.40. The third kappa shape index (κ3) is 3.92. The lowest BCUT2D eigenvalue weighted by molar-refractivity contribution is -0.122. The van der Waals surface area contributed by atoms with Crippen molar-refractivity contribution in [1.82, 2.24) is 24.5 Å². The fourth-order valence-corrected chi connectivity index (χ4v) is 3.89. The van der Waals surface area contributed by atoms with Gasteiger partial charge in [0.15, 0.2) is 11.5 Å². The Kier molecular flexibility index (Phi) is 4.71. The summed E-state index contributed by atoms with van der Waals surface area (Å²) in [7, 11) is -3.40. The quantitative estimate of drug-likeness (QED) is 0.503. The number of carbonyl (C=O) groups is 1. The van der Waals surface area contributed by atoms with Crippen LogP contribution >= 0.6 is 0 Å². The lowest BCUT2D eigenvalue weighted by Crippen LogP contribution is -2.31. The molecule has 0 saturated carbocycles. The highest BCUT2D eigenvalue weighted by atomic mass is 32.2. The number of nitrogens with one attached hydrogen (secondary N) is 2. The van der Waals surface area contributed by atoms with Gasteiger partial charge in [-0.1, -0.05) is 12.1 Å². The number of anilines is 1. The number of rotatable bonds is 6. The van der Waals surface area contributed by atoms with Crippen molar-refractivity contribution in [2.45, 2.75) is 19.5 Å². The summed E-state index contributed by atoms with van der Waals surface area (Å²) in [6, 6.07) is 12.3. The molecule has 0 aliphatic carbocycles. The van der Waals surface area contributed by atoms with Crippen LogP contribution in [-0.4, -0.2) is 39.7 Å². The molecule has 9 nitrogen and oxygen atoms in total. The largest absolute Gasteiger partial charge is 0.345 e. The number of nitrogens with zero attached hydrogens (tertiary/aromatic N) is 4. The zero-order valence-corrected chi connectivity index (χ0v) is 16.7. The van der Waals surface area contributed by atoms with Gasteiger partial charge in [-0.25, -0.2) is 8.42 Å². The van der Waals surface area contributed by atoms with Gasteiger partial charge in [0.1, 0.15) is 6.54 Å². The van der Waals surface area contributed by atoms with Crippen molar-refractivity contribution in [2.75, 3.05) is 11.0 Å². The molecule has 0 fully saturated rings. The number of pyridine rings is 1. The predicted octanol–water partition coefficient (Wildman–Crippen LogP) is 1.93. The topological polar surface area (TPSA) is 110 Å². The highest BCUT2D eigenvalue weighted by Gasteiger charge is 2.17. The standard InChI is InChI=1S/C19H20N6O3S/c1-13(19-22-21-17-8-3-4-10-25(17)19)20-18(26)12-24-11-9-14-15(23-29(2,27)28)6-5-7-16(14)24/h3-11,13,23H,12H2,1-2H3,(H,20,26)/t13-/m1/s1. The first-order valence-corrected chi connectivity index (χ1v) is 10.9. The van der Waals surface area contributed by atoms with E-state index in [0.717, 1.165) is 17.2 Å². The molecular formula is C19H20N6O3S. The van der Waals surface area contributed by atoms with Crippen molar-refractivity contribution in [2.24, 2.45) is 0 Å². The zero-order chi connectivity index (χ0) is 20.6. The van der Waals surface area contributed by atoms with E-state index in [0.29, 0.717) is 17.2 Å². The number of hydrogen-bond donors (Lipinski definition) is 2. The summed E-state index contributed by atoms with van der Waals surface area (Å²) in [6.45, 7) is 1.94. The Bertz CT molecular complexity index is 1310. The third-order valence-corrected chi connectivity index (χ3v) is 5.12. The molecule has 0 aliphatic heterocycles.